The third-order valence-electron chi connectivity index (χ3n) is 3.68. The van der Waals surface area contributed by atoms with E-state index < -0.39 is 5.34 Å². The van der Waals surface area contributed by atoms with E-state index in [1.165, 1.54) is 0 Å². The Morgan fingerprint density at radius 1 is 1.53 bits per heavy atom. The van der Waals surface area contributed by atoms with Gasteiger partial charge in [-0.15, -0.1) is 0 Å². The number of hydrogen-bond donors (Lipinski definition) is 1. The Kier molecular flexibility index (Phi) is 3.99. The molecule has 6 heteroatoms. The summed E-state index contributed by atoms with van der Waals surface area (Å²) in [6.45, 7) is 3.89. The molecule has 0 atom stereocenters. The first kappa shape index (κ1) is 14.1. The van der Waals surface area contributed by atoms with E-state index in [1.807, 2.05) is 4.90 Å². The normalized spacial score (nSPS) is 16.9. The van der Waals surface area contributed by atoms with Gasteiger partial charge in [-0.3, -0.25) is 4.79 Å². The molecular weight excluding hydrogens is 236 g/mol. The van der Waals surface area contributed by atoms with Gasteiger partial charge in [-0.25, -0.2) is 4.98 Å². The molecule has 0 aliphatic carbocycles. The molecule has 0 saturated carbocycles. The van der Waals surface area contributed by atoms with Crippen LogP contribution < -0.4 is 5.32 Å². The molecule has 0 aromatic carbocycles. The number of amides is 1. The first-order valence-corrected chi connectivity index (χ1v) is 6.51. The van der Waals surface area contributed by atoms with Gasteiger partial charge in [0.25, 0.3) is 5.91 Å². The number of likely N-dealkylation sites (tertiary alicyclic amines) is 1. The summed E-state index contributed by atoms with van der Waals surface area (Å²) in [6, 6.07) is 5.15. The minimum atomic E-state index is -1.12. The number of rotatable bonds is 4. The molecule has 2 heterocycles. The monoisotopic (exact) mass is 253 g/mol. The van der Waals surface area contributed by atoms with Gasteiger partial charge >= 0.3 is 0 Å². The van der Waals surface area contributed by atoms with Crippen LogP contribution in [0, 0.1) is 5.92 Å². The molecule has 4 radical (unpaired) electrons. The summed E-state index contributed by atoms with van der Waals surface area (Å²) < 4.78 is 0. The molecule has 2 rings (SSSR count). The summed E-state index contributed by atoms with van der Waals surface area (Å²) >= 11 is 0. The second-order valence-electron chi connectivity index (χ2n) is 4.99. The second kappa shape index (κ2) is 5.37. The minimum absolute atomic E-state index is 0.243. The van der Waals surface area contributed by atoms with Crippen molar-refractivity contribution in [1.29, 1.82) is 0 Å². The molecule has 1 aliphatic heterocycles. The fourth-order valence-corrected chi connectivity index (χ4v) is 2.20. The molecule has 1 amide bonds. The first-order valence-electron chi connectivity index (χ1n) is 6.51. The highest BCUT2D eigenvalue weighted by Crippen LogP contribution is 2.30. The Balaban J connectivity index is 2.19. The smallest absolute Gasteiger partial charge is 0.269 e. The van der Waals surface area contributed by atoms with Crippen molar-refractivity contribution in [2.45, 2.75) is 18.7 Å². The van der Waals surface area contributed by atoms with E-state index in [4.69, 9.17) is 15.7 Å². The van der Waals surface area contributed by atoms with E-state index in [1.54, 1.807) is 25.2 Å². The van der Waals surface area contributed by atoms with Crippen molar-refractivity contribution in [2.24, 2.45) is 5.92 Å². The Bertz CT molecular complexity index is 473. The van der Waals surface area contributed by atoms with Gasteiger partial charge in [0, 0.05) is 25.8 Å². The molecular formula is C13H17B2N3O. The maximum atomic E-state index is 11.6. The van der Waals surface area contributed by atoms with Crippen LogP contribution in [0.15, 0.2) is 18.2 Å². The second-order valence-corrected chi connectivity index (χ2v) is 4.99. The number of hydrogen-bond acceptors (Lipinski definition) is 3. The zero-order valence-electron chi connectivity index (χ0n) is 11.4. The lowest BCUT2D eigenvalue weighted by Crippen LogP contribution is -2.59. The number of aromatic nitrogens is 1. The number of nitrogens with zero attached hydrogens (tertiary/aromatic N) is 2. The minimum Gasteiger partial charge on any atom is -0.354 e. The lowest BCUT2D eigenvalue weighted by atomic mass is 9.57. The van der Waals surface area contributed by atoms with E-state index in [9.17, 15) is 4.79 Å². The summed E-state index contributed by atoms with van der Waals surface area (Å²) in [4.78, 5) is 17.8. The zero-order valence-corrected chi connectivity index (χ0v) is 11.4. The molecule has 1 aliphatic rings. The molecule has 1 aromatic heterocycles. The molecule has 1 fully saturated rings. The van der Waals surface area contributed by atoms with Crippen molar-refractivity contribution in [1.82, 2.24) is 15.2 Å². The Morgan fingerprint density at radius 2 is 2.21 bits per heavy atom. The highest BCUT2D eigenvalue weighted by molar-refractivity contribution is 6.39. The number of carbonyl (C=O) groups is 1. The van der Waals surface area contributed by atoms with Crippen molar-refractivity contribution in [3.05, 3.63) is 29.6 Å². The lowest BCUT2D eigenvalue weighted by molar-refractivity contribution is 0.0618. The van der Waals surface area contributed by atoms with Crippen LogP contribution >= 0.6 is 0 Å². The lowest BCUT2D eigenvalue weighted by Gasteiger charge is -2.50. The Hall–Kier alpha value is -1.29. The third kappa shape index (κ3) is 2.68. The topological polar surface area (TPSA) is 45.2 Å². The molecule has 4 nitrogen and oxygen atoms in total. The SMILES string of the molecule is [B]C([B])(c1cccc(C(=O)NC)n1)N1CC(CC)C1. The van der Waals surface area contributed by atoms with Gasteiger partial charge < -0.3 is 10.2 Å². The van der Waals surface area contributed by atoms with Crippen LogP contribution in [0.1, 0.15) is 29.5 Å². The fourth-order valence-electron chi connectivity index (χ4n) is 2.20. The van der Waals surface area contributed by atoms with E-state index in [-0.39, 0.29) is 5.91 Å². The molecule has 0 bridgehead atoms. The van der Waals surface area contributed by atoms with Crippen molar-refractivity contribution in [2.75, 3.05) is 20.1 Å². The van der Waals surface area contributed by atoms with Crippen LogP contribution in [0.5, 0.6) is 0 Å². The van der Waals surface area contributed by atoms with Gasteiger partial charge in [0.1, 0.15) is 5.69 Å². The van der Waals surface area contributed by atoms with E-state index in [0.717, 1.165) is 19.5 Å². The van der Waals surface area contributed by atoms with Crippen molar-refractivity contribution in [3.63, 3.8) is 0 Å². The van der Waals surface area contributed by atoms with Crippen LogP contribution in [0.2, 0.25) is 0 Å². The van der Waals surface area contributed by atoms with Gasteiger partial charge in [-0.05, 0) is 23.4 Å². The highest BCUT2D eigenvalue weighted by atomic mass is 16.1. The summed E-state index contributed by atoms with van der Waals surface area (Å²) in [7, 11) is 13.9. The molecule has 96 valence electrons. The Morgan fingerprint density at radius 3 is 2.79 bits per heavy atom. The van der Waals surface area contributed by atoms with Gasteiger partial charge in [0.05, 0.1) is 15.7 Å². The van der Waals surface area contributed by atoms with Gasteiger partial charge in [-0.1, -0.05) is 19.4 Å². The van der Waals surface area contributed by atoms with Crippen LogP contribution in [0.25, 0.3) is 0 Å². The van der Waals surface area contributed by atoms with Crippen LogP contribution in [0.4, 0.5) is 0 Å². The average molecular weight is 253 g/mol. The summed E-state index contributed by atoms with van der Waals surface area (Å²) in [5.41, 5.74) is 0.844. The molecule has 1 aromatic rings. The quantitative estimate of drug-likeness (QED) is 0.781. The first-order chi connectivity index (χ1) is 8.98. The highest BCUT2D eigenvalue weighted by Gasteiger charge is 2.37. The number of pyridine rings is 1. The summed E-state index contributed by atoms with van der Waals surface area (Å²) in [5, 5.41) is 1.42. The van der Waals surface area contributed by atoms with Crippen molar-refractivity contribution < 1.29 is 4.79 Å². The van der Waals surface area contributed by atoms with Crippen LogP contribution in [-0.4, -0.2) is 51.6 Å². The fraction of sp³-hybridized carbons (Fsp3) is 0.538. The Labute approximate surface area is 116 Å². The van der Waals surface area contributed by atoms with E-state index in [0.29, 0.717) is 17.3 Å². The van der Waals surface area contributed by atoms with Crippen molar-refractivity contribution in [3.8, 4) is 0 Å². The molecule has 19 heavy (non-hydrogen) atoms. The molecule has 0 unspecified atom stereocenters. The number of nitrogens with one attached hydrogen (secondary N) is 1. The third-order valence-corrected chi connectivity index (χ3v) is 3.68. The molecule has 1 N–H and O–H groups in total. The van der Waals surface area contributed by atoms with Gasteiger partial charge in [0.2, 0.25) is 0 Å². The standard InChI is InChI=1S/C13H17B2N3O/c1-3-9-7-18(8-9)13(14,15)11-6-4-5-10(17-11)12(19)16-2/h4-6,9H,3,7-8H2,1-2H3,(H,16,19). The largest absolute Gasteiger partial charge is 0.354 e. The predicted octanol–water partition coefficient (Wildman–Crippen LogP) is 0.230. The summed E-state index contributed by atoms with van der Waals surface area (Å²) in [6.07, 6.45) is 1.12. The van der Waals surface area contributed by atoms with Crippen LogP contribution in [-0.2, 0) is 5.34 Å². The maximum absolute atomic E-state index is 11.6. The van der Waals surface area contributed by atoms with E-state index in [2.05, 4.69) is 17.2 Å². The number of carbonyl (C=O) groups excluding carboxylic acids is 1. The van der Waals surface area contributed by atoms with E-state index >= 15 is 0 Å². The molecule has 1 saturated heterocycles. The van der Waals surface area contributed by atoms with Crippen LogP contribution in [0.3, 0.4) is 0 Å². The average Bonchev–Trinajstić information content (AvgIpc) is 2.36. The predicted molar refractivity (Wildman–Crippen MR) is 76.2 cm³/mol. The summed E-state index contributed by atoms with van der Waals surface area (Å²) in [5.74, 6) is 0.404. The van der Waals surface area contributed by atoms with Gasteiger partial charge in [0.15, 0.2) is 0 Å². The maximum Gasteiger partial charge on any atom is 0.269 e. The zero-order chi connectivity index (χ0) is 14.0. The van der Waals surface area contributed by atoms with Gasteiger partial charge in [-0.2, -0.15) is 0 Å². The van der Waals surface area contributed by atoms with Crippen molar-refractivity contribution >= 4 is 21.6 Å². The molecule has 0 spiro atoms.